The summed E-state index contributed by atoms with van der Waals surface area (Å²) in [6.45, 7) is 3.00. The fraction of sp³-hybridized carbons (Fsp3) is 0.895. The van der Waals surface area contributed by atoms with Crippen LogP contribution in [0, 0.1) is 17.3 Å². The summed E-state index contributed by atoms with van der Waals surface area (Å²) in [5.41, 5.74) is -0.438. The van der Waals surface area contributed by atoms with E-state index in [-0.39, 0.29) is 29.8 Å². The normalized spacial score (nSPS) is 42.2. The SMILES string of the molecule is C[C@H](NC(=O)CN1CCCCC1=O)C12C[C@H]3C[C@@H](CC(O)(C3)C1)C2. The van der Waals surface area contributed by atoms with Crippen LogP contribution in [-0.2, 0) is 9.59 Å². The zero-order chi connectivity index (χ0) is 16.9. The number of carbonyl (C=O) groups excluding carboxylic acids is 2. The molecule has 24 heavy (non-hydrogen) atoms. The van der Waals surface area contributed by atoms with Crippen molar-refractivity contribution >= 4 is 11.8 Å². The molecule has 0 aromatic rings. The van der Waals surface area contributed by atoms with Crippen molar-refractivity contribution in [3.05, 3.63) is 0 Å². The van der Waals surface area contributed by atoms with E-state index in [0.29, 0.717) is 24.8 Å². The van der Waals surface area contributed by atoms with Crippen molar-refractivity contribution < 1.29 is 14.7 Å². The van der Waals surface area contributed by atoms with E-state index < -0.39 is 5.60 Å². The van der Waals surface area contributed by atoms with Crippen LogP contribution in [0.3, 0.4) is 0 Å². The summed E-state index contributed by atoms with van der Waals surface area (Å²) < 4.78 is 0. The fourth-order valence-corrected chi connectivity index (χ4v) is 6.43. The lowest BCUT2D eigenvalue weighted by molar-refractivity contribution is -0.173. The Morgan fingerprint density at radius 1 is 1.29 bits per heavy atom. The molecule has 0 aromatic carbocycles. The van der Waals surface area contributed by atoms with Crippen LogP contribution in [0.2, 0.25) is 0 Å². The Hall–Kier alpha value is -1.10. The molecule has 5 rings (SSSR count). The molecule has 2 amide bonds. The second-order valence-electron chi connectivity index (χ2n) is 9.11. The maximum Gasteiger partial charge on any atom is 0.239 e. The highest BCUT2D eigenvalue weighted by molar-refractivity contribution is 5.85. The van der Waals surface area contributed by atoms with Crippen LogP contribution in [-0.4, -0.2) is 46.6 Å². The number of hydrogen-bond donors (Lipinski definition) is 2. The molecule has 3 atom stereocenters. The second-order valence-corrected chi connectivity index (χ2v) is 9.11. The molecule has 5 aliphatic rings. The molecule has 5 nitrogen and oxygen atoms in total. The topological polar surface area (TPSA) is 69.6 Å². The van der Waals surface area contributed by atoms with Gasteiger partial charge in [0.25, 0.3) is 0 Å². The molecule has 134 valence electrons. The third-order valence-corrected chi connectivity index (χ3v) is 7.13. The van der Waals surface area contributed by atoms with E-state index in [4.69, 9.17) is 0 Å². The summed E-state index contributed by atoms with van der Waals surface area (Å²) in [5, 5.41) is 14.1. The summed E-state index contributed by atoms with van der Waals surface area (Å²) in [4.78, 5) is 26.1. The number of amides is 2. The largest absolute Gasteiger partial charge is 0.390 e. The maximum atomic E-state index is 12.5. The van der Waals surface area contributed by atoms with E-state index in [1.54, 1.807) is 4.90 Å². The van der Waals surface area contributed by atoms with Gasteiger partial charge in [-0.1, -0.05) is 0 Å². The van der Waals surface area contributed by atoms with E-state index in [1.165, 1.54) is 6.42 Å². The molecule has 5 fully saturated rings. The van der Waals surface area contributed by atoms with Gasteiger partial charge in [0.2, 0.25) is 11.8 Å². The van der Waals surface area contributed by atoms with Crippen molar-refractivity contribution in [3.8, 4) is 0 Å². The highest BCUT2D eigenvalue weighted by Crippen LogP contribution is 2.62. The predicted octanol–water partition coefficient (Wildman–Crippen LogP) is 1.83. The molecule has 0 aromatic heterocycles. The molecule has 0 radical (unpaired) electrons. The summed E-state index contributed by atoms with van der Waals surface area (Å²) in [7, 11) is 0. The van der Waals surface area contributed by atoms with Gasteiger partial charge in [-0.05, 0) is 75.5 Å². The molecule has 4 bridgehead atoms. The van der Waals surface area contributed by atoms with Crippen LogP contribution in [0.15, 0.2) is 0 Å². The van der Waals surface area contributed by atoms with Crippen LogP contribution < -0.4 is 5.32 Å². The summed E-state index contributed by atoms with van der Waals surface area (Å²) in [5.74, 6) is 1.31. The van der Waals surface area contributed by atoms with Gasteiger partial charge < -0.3 is 15.3 Å². The van der Waals surface area contributed by atoms with Gasteiger partial charge in [0.15, 0.2) is 0 Å². The fourth-order valence-electron chi connectivity index (χ4n) is 6.43. The van der Waals surface area contributed by atoms with Gasteiger partial charge in [-0.15, -0.1) is 0 Å². The van der Waals surface area contributed by atoms with Crippen LogP contribution in [0.4, 0.5) is 0 Å². The first kappa shape index (κ1) is 16.4. The number of rotatable bonds is 4. The van der Waals surface area contributed by atoms with Crippen molar-refractivity contribution in [2.75, 3.05) is 13.1 Å². The molecule has 1 saturated heterocycles. The quantitative estimate of drug-likeness (QED) is 0.824. The Labute approximate surface area is 144 Å². The molecular formula is C19H30N2O3. The number of carbonyl (C=O) groups is 2. The van der Waals surface area contributed by atoms with Gasteiger partial charge in [0.05, 0.1) is 12.1 Å². The Morgan fingerprint density at radius 2 is 2.00 bits per heavy atom. The van der Waals surface area contributed by atoms with Crippen molar-refractivity contribution in [2.24, 2.45) is 17.3 Å². The first-order chi connectivity index (χ1) is 11.4. The lowest BCUT2D eigenvalue weighted by Crippen LogP contribution is -2.62. The summed E-state index contributed by atoms with van der Waals surface area (Å²) >= 11 is 0. The predicted molar refractivity (Wildman–Crippen MR) is 90.1 cm³/mol. The lowest BCUT2D eigenvalue weighted by atomic mass is 9.46. The zero-order valence-electron chi connectivity index (χ0n) is 14.7. The van der Waals surface area contributed by atoms with E-state index in [9.17, 15) is 14.7 Å². The van der Waals surface area contributed by atoms with Gasteiger partial charge in [-0.25, -0.2) is 0 Å². The highest BCUT2D eigenvalue weighted by atomic mass is 16.3. The van der Waals surface area contributed by atoms with E-state index >= 15 is 0 Å². The molecule has 0 unspecified atom stereocenters. The highest BCUT2D eigenvalue weighted by Gasteiger charge is 2.59. The molecule has 1 heterocycles. The monoisotopic (exact) mass is 334 g/mol. The molecule has 4 aliphatic carbocycles. The number of piperidine rings is 1. The minimum atomic E-state index is -0.494. The average molecular weight is 334 g/mol. The van der Waals surface area contributed by atoms with Crippen LogP contribution in [0.5, 0.6) is 0 Å². The third-order valence-electron chi connectivity index (χ3n) is 7.13. The van der Waals surface area contributed by atoms with Gasteiger partial charge in [-0.2, -0.15) is 0 Å². The number of aliphatic hydroxyl groups is 1. The Balaban J connectivity index is 1.40. The number of nitrogens with zero attached hydrogens (tertiary/aromatic N) is 1. The Bertz CT molecular complexity index is 533. The maximum absolute atomic E-state index is 12.5. The first-order valence-electron chi connectivity index (χ1n) is 9.67. The third kappa shape index (κ3) is 2.85. The van der Waals surface area contributed by atoms with Crippen LogP contribution in [0.1, 0.15) is 64.7 Å². The van der Waals surface area contributed by atoms with Crippen molar-refractivity contribution in [3.63, 3.8) is 0 Å². The number of hydrogen-bond acceptors (Lipinski definition) is 3. The molecule has 4 saturated carbocycles. The average Bonchev–Trinajstić information content (AvgIpc) is 2.47. The smallest absolute Gasteiger partial charge is 0.239 e. The van der Waals surface area contributed by atoms with Gasteiger partial charge in [0.1, 0.15) is 0 Å². The number of likely N-dealkylation sites (tertiary alicyclic amines) is 1. The van der Waals surface area contributed by atoms with Crippen molar-refractivity contribution in [2.45, 2.75) is 76.4 Å². The standard InChI is InChI=1S/C19H30N2O3/c1-13(20-16(22)11-21-5-3-2-4-17(21)23)18-7-14-6-15(8-18)10-19(24,9-14)12-18/h13-15,24H,2-12H2,1H3,(H,20,22)/t13-,14+,15+,18?,19?/m0/s1. The van der Waals surface area contributed by atoms with Crippen molar-refractivity contribution in [1.82, 2.24) is 10.2 Å². The van der Waals surface area contributed by atoms with Gasteiger partial charge >= 0.3 is 0 Å². The van der Waals surface area contributed by atoms with Crippen LogP contribution >= 0.6 is 0 Å². The minimum absolute atomic E-state index is 0.0412. The first-order valence-corrected chi connectivity index (χ1v) is 9.67. The van der Waals surface area contributed by atoms with E-state index in [0.717, 1.165) is 44.9 Å². The van der Waals surface area contributed by atoms with Gasteiger partial charge in [-0.3, -0.25) is 9.59 Å². The summed E-state index contributed by atoms with van der Waals surface area (Å²) in [6, 6.07) is 0.0716. The molecule has 2 N–H and O–H groups in total. The minimum Gasteiger partial charge on any atom is -0.390 e. The molecule has 1 aliphatic heterocycles. The second kappa shape index (κ2) is 5.72. The van der Waals surface area contributed by atoms with Crippen molar-refractivity contribution in [1.29, 1.82) is 0 Å². The summed E-state index contributed by atoms with van der Waals surface area (Å²) in [6.07, 6.45) is 8.77. The Kier molecular flexibility index (Phi) is 3.90. The zero-order valence-corrected chi connectivity index (χ0v) is 14.7. The number of nitrogens with one attached hydrogen (secondary N) is 1. The molecule has 0 spiro atoms. The van der Waals surface area contributed by atoms with E-state index in [2.05, 4.69) is 12.2 Å². The lowest BCUT2D eigenvalue weighted by Gasteiger charge is -2.62. The molecule has 5 heteroatoms. The van der Waals surface area contributed by atoms with Gasteiger partial charge in [0, 0.05) is 19.0 Å². The Morgan fingerprint density at radius 3 is 2.62 bits per heavy atom. The van der Waals surface area contributed by atoms with Crippen LogP contribution in [0.25, 0.3) is 0 Å². The van der Waals surface area contributed by atoms with E-state index in [1.807, 2.05) is 0 Å². The molecular weight excluding hydrogens is 304 g/mol.